The van der Waals surface area contributed by atoms with E-state index in [0.717, 1.165) is 16.9 Å². The molecule has 3 rings (SSSR count). The predicted molar refractivity (Wildman–Crippen MR) is 97.2 cm³/mol. The molecule has 1 aromatic heterocycles. The summed E-state index contributed by atoms with van der Waals surface area (Å²) in [5.41, 5.74) is 1.84. The maximum Gasteiger partial charge on any atom is 0.251 e. The minimum Gasteiger partial charge on any atom is -0.489 e. The third kappa shape index (κ3) is 4.34. The molecule has 0 spiro atoms. The van der Waals surface area contributed by atoms with Crippen LogP contribution in [0.1, 0.15) is 11.1 Å². The molecule has 0 aliphatic rings. The van der Waals surface area contributed by atoms with E-state index < -0.39 is 0 Å². The Morgan fingerprint density at radius 3 is 2.67 bits per heavy atom. The highest BCUT2D eigenvalue weighted by Gasteiger charge is 2.01. The van der Waals surface area contributed by atoms with Crippen molar-refractivity contribution in [2.75, 3.05) is 0 Å². The standard InChI is InChI=1S/C18H15ClN2O2S/c19-15-5-1-4-14(9-15)12-23-16-6-2-3-13(10-16)11-21-8-7-17(22)20-18(21)24/h1-10H,11-12H2,(H,20,22,24). The second kappa shape index (κ2) is 7.47. The summed E-state index contributed by atoms with van der Waals surface area (Å²) in [6, 6.07) is 16.8. The van der Waals surface area contributed by atoms with Gasteiger partial charge in [-0.1, -0.05) is 35.9 Å². The van der Waals surface area contributed by atoms with Crippen LogP contribution in [-0.4, -0.2) is 9.55 Å². The Labute approximate surface area is 149 Å². The molecule has 3 aromatic rings. The molecule has 6 heteroatoms. The van der Waals surface area contributed by atoms with Crippen molar-refractivity contribution in [2.24, 2.45) is 0 Å². The number of hydrogen-bond donors (Lipinski definition) is 1. The molecular weight excluding hydrogens is 344 g/mol. The number of nitrogens with zero attached hydrogens (tertiary/aromatic N) is 1. The van der Waals surface area contributed by atoms with Crippen molar-refractivity contribution >= 4 is 23.8 Å². The van der Waals surface area contributed by atoms with Gasteiger partial charge >= 0.3 is 0 Å². The van der Waals surface area contributed by atoms with Crippen LogP contribution < -0.4 is 10.3 Å². The molecule has 0 amide bonds. The maximum atomic E-state index is 11.2. The number of benzene rings is 2. The summed E-state index contributed by atoms with van der Waals surface area (Å²) in [6.07, 6.45) is 1.68. The molecular formula is C18H15ClN2O2S. The second-order valence-electron chi connectivity index (χ2n) is 5.30. The molecule has 0 unspecified atom stereocenters. The minimum absolute atomic E-state index is 0.199. The number of ether oxygens (including phenoxy) is 1. The van der Waals surface area contributed by atoms with Gasteiger partial charge in [-0.2, -0.15) is 0 Å². The number of aromatic amines is 1. The van der Waals surface area contributed by atoms with Crippen molar-refractivity contribution in [3.05, 3.63) is 92.1 Å². The molecule has 0 bridgehead atoms. The number of hydrogen-bond acceptors (Lipinski definition) is 3. The van der Waals surface area contributed by atoms with Gasteiger partial charge in [-0.05, 0) is 47.6 Å². The highest BCUT2D eigenvalue weighted by Crippen LogP contribution is 2.17. The molecule has 4 nitrogen and oxygen atoms in total. The van der Waals surface area contributed by atoms with E-state index in [9.17, 15) is 4.79 Å². The number of halogens is 1. The lowest BCUT2D eigenvalue weighted by Gasteiger charge is -2.10. The average molecular weight is 359 g/mol. The zero-order valence-corrected chi connectivity index (χ0v) is 14.3. The molecule has 0 aliphatic carbocycles. The van der Waals surface area contributed by atoms with Gasteiger partial charge in [0.15, 0.2) is 4.77 Å². The Morgan fingerprint density at radius 1 is 1.08 bits per heavy atom. The minimum atomic E-state index is -0.199. The van der Waals surface area contributed by atoms with Crippen LogP contribution in [0.25, 0.3) is 0 Å². The van der Waals surface area contributed by atoms with Gasteiger partial charge in [0.25, 0.3) is 5.56 Å². The van der Waals surface area contributed by atoms with E-state index in [0.29, 0.717) is 22.9 Å². The first kappa shape index (κ1) is 16.5. The summed E-state index contributed by atoms with van der Waals surface area (Å²) in [6.45, 7) is 1.01. The zero-order chi connectivity index (χ0) is 16.9. The van der Waals surface area contributed by atoms with Gasteiger partial charge in [-0.3, -0.25) is 9.78 Å². The second-order valence-corrected chi connectivity index (χ2v) is 6.13. The van der Waals surface area contributed by atoms with Gasteiger partial charge < -0.3 is 9.30 Å². The van der Waals surface area contributed by atoms with E-state index in [1.54, 1.807) is 10.8 Å². The average Bonchev–Trinajstić information content (AvgIpc) is 2.56. The van der Waals surface area contributed by atoms with Crippen molar-refractivity contribution < 1.29 is 4.74 Å². The Balaban J connectivity index is 1.72. The Bertz CT molecular complexity index is 965. The van der Waals surface area contributed by atoms with Crippen LogP contribution in [0, 0.1) is 4.77 Å². The van der Waals surface area contributed by atoms with Crippen molar-refractivity contribution in [2.45, 2.75) is 13.2 Å². The molecule has 0 radical (unpaired) electrons. The van der Waals surface area contributed by atoms with Crippen molar-refractivity contribution in [3.8, 4) is 5.75 Å². The van der Waals surface area contributed by atoms with Crippen molar-refractivity contribution in [1.82, 2.24) is 9.55 Å². The molecule has 1 N–H and O–H groups in total. The first-order valence-corrected chi connectivity index (χ1v) is 8.15. The first-order valence-electron chi connectivity index (χ1n) is 7.36. The largest absolute Gasteiger partial charge is 0.489 e. The third-order valence-corrected chi connectivity index (χ3v) is 4.01. The fourth-order valence-electron chi connectivity index (χ4n) is 2.29. The van der Waals surface area contributed by atoms with Crippen LogP contribution in [0.2, 0.25) is 5.02 Å². The van der Waals surface area contributed by atoms with Crippen molar-refractivity contribution in [3.63, 3.8) is 0 Å². The molecule has 1 heterocycles. The molecule has 2 aromatic carbocycles. The lowest BCUT2D eigenvalue weighted by atomic mass is 10.2. The Kier molecular flexibility index (Phi) is 5.13. The summed E-state index contributed by atoms with van der Waals surface area (Å²) in [5, 5.41) is 0.692. The fourth-order valence-corrected chi connectivity index (χ4v) is 2.73. The fraction of sp³-hybridized carbons (Fsp3) is 0.111. The number of H-pyrrole nitrogens is 1. The summed E-state index contributed by atoms with van der Waals surface area (Å²) in [7, 11) is 0. The number of aromatic nitrogens is 2. The molecule has 0 saturated heterocycles. The molecule has 0 atom stereocenters. The molecule has 0 fully saturated rings. The van der Waals surface area contributed by atoms with Crippen molar-refractivity contribution in [1.29, 1.82) is 0 Å². The van der Waals surface area contributed by atoms with Crippen LogP contribution in [0.4, 0.5) is 0 Å². The highest BCUT2D eigenvalue weighted by molar-refractivity contribution is 7.71. The van der Waals surface area contributed by atoms with Crippen LogP contribution >= 0.6 is 23.8 Å². The van der Waals surface area contributed by atoms with Gasteiger partial charge in [0.05, 0.1) is 0 Å². The summed E-state index contributed by atoms with van der Waals surface area (Å²) in [5.74, 6) is 0.767. The zero-order valence-electron chi connectivity index (χ0n) is 12.7. The maximum absolute atomic E-state index is 11.2. The number of rotatable bonds is 5. The van der Waals surface area contributed by atoms with E-state index in [-0.39, 0.29) is 5.56 Å². The normalized spacial score (nSPS) is 10.5. The van der Waals surface area contributed by atoms with E-state index in [4.69, 9.17) is 28.6 Å². The lowest BCUT2D eigenvalue weighted by Crippen LogP contribution is -2.11. The van der Waals surface area contributed by atoms with E-state index in [1.165, 1.54) is 6.07 Å². The van der Waals surface area contributed by atoms with E-state index >= 15 is 0 Å². The van der Waals surface area contributed by atoms with Gasteiger partial charge in [0.1, 0.15) is 12.4 Å². The lowest BCUT2D eigenvalue weighted by molar-refractivity contribution is 0.306. The van der Waals surface area contributed by atoms with Gasteiger partial charge in [-0.15, -0.1) is 0 Å². The summed E-state index contributed by atoms with van der Waals surface area (Å²) >= 11 is 11.1. The molecule has 24 heavy (non-hydrogen) atoms. The SMILES string of the molecule is O=c1ccn(Cc2cccc(OCc3cccc(Cl)c3)c2)c(=S)[nH]1. The number of nitrogens with one attached hydrogen (secondary N) is 1. The van der Waals surface area contributed by atoms with Crippen LogP contribution in [0.5, 0.6) is 5.75 Å². The van der Waals surface area contributed by atoms with Gasteiger partial charge in [-0.25, -0.2) is 0 Å². The van der Waals surface area contributed by atoms with Crippen LogP contribution in [0.15, 0.2) is 65.6 Å². The predicted octanol–water partition coefficient (Wildman–Crippen LogP) is 4.19. The van der Waals surface area contributed by atoms with E-state index in [2.05, 4.69) is 4.98 Å². The Hall–Kier alpha value is -2.37. The van der Waals surface area contributed by atoms with Gasteiger partial charge in [0.2, 0.25) is 0 Å². The molecule has 0 aliphatic heterocycles. The molecule has 0 saturated carbocycles. The Morgan fingerprint density at radius 2 is 1.88 bits per heavy atom. The highest BCUT2D eigenvalue weighted by atomic mass is 35.5. The topological polar surface area (TPSA) is 47.0 Å². The smallest absolute Gasteiger partial charge is 0.251 e. The van der Waals surface area contributed by atoms with E-state index in [1.807, 2.05) is 48.5 Å². The molecule has 122 valence electrons. The third-order valence-electron chi connectivity index (χ3n) is 3.44. The first-order chi connectivity index (χ1) is 11.6. The van der Waals surface area contributed by atoms with Crippen LogP contribution in [0.3, 0.4) is 0 Å². The van der Waals surface area contributed by atoms with Gasteiger partial charge in [0, 0.05) is 23.8 Å². The summed E-state index contributed by atoms with van der Waals surface area (Å²) in [4.78, 5) is 13.8. The monoisotopic (exact) mass is 358 g/mol. The van der Waals surface area contributed by atoms with Crippen LogP contribution in [-0.2, 0) is 13.2 Å². The summed E-state index contributed by atoms with van der Waals surface area (Å²) < 4.78 is 8.02. The quantitative estimate of drug-likeness (QED) is 0.696.